The lowest BCUT2D eigenvalue weighted by molar-refractivity contribution is 0.174. The first-order valence-corrected chi connectivity index (χ1v) is 7.93. The van der Waals surface area contributed by atoms with Crippen molar-refractivity contribution in [2.75, 3.05) is 25.3 Å². The fraction of sp³-hybridized carbons (Fsp3) is 0.278. The number of amides is 2. The van der Waals surface area contributed by atoms with E-state index in [4.69, 9.17) is 14.2 Å². The molecule has 6 heteroatoms. The van der Waals surface area contributed by atoms with Gasteiger partial charge in [0.05, 0.1) is 6.61 Å². The molecule has 0 saturated carbocycles. The molecule has 0 spiro atoms. The van der Waals surface area contributed by atoms with Crippen LogP contribution in [0.15, 0.2) is 42.5 Å². The summed E-state index contributed by atoms with van der Waals surface area (Å²) >= 11 is 0. The standard InChI is InChI=1S/C18H18N2O4/c21-18(20-14-5-6-16-17(8-14)24-11-23-16)19-9-12-7-13-3-1-2-4-15(13)22-10-12/h1-6,8,12H,7,9-11H2,(H2,19,20,21). The quantitative estimate of drug-likeness (QED) is 0.910. The predicted molar refractivity (Wildman–Crippen MR) is 88.7 cm³/mol. The lowest BCUT2D eigenvalue weighted by atomic mass is 9.97. The Bertz CT molecular complexity index is 762. The zero-order chi connectivity index (χ0) is 16.4. The smallest absolute Gasteiger partial charge is 0.319 e. The molecule has 0 saturated heterocycles. The number of anilines is 1. The molecule has 2 aromatic rings. The molecule has 0 aliphatic carbocycles. The van der Waals surface area contributed by atoms with Gasteiger partial charge in [0.1, 0.15) is 5.75 Å². The molecule has 2 aromatic carbocycles. The van der Waals surface area contributed by atoms with Gasteiger partial charge >= 0.3 is 6.03 Å². The summed E-state index contributed by atoms with van der Waals surface area (Å²) in [5, 5.41) is 5.70. The average molecular weight is 326 g/mol. The molecule has 2 aliphatic heterocycles. The molecule has 2 heterocycles. The first-order chi connectivity index (χ1) is 11.8. The van der Waals surface area contributed by atoms with Crippen molar-refractivity contribution in [2.45, 2.75) is 6.42 Å². The van der Waals surface area contributed by atoms with Gasteiger partial charge < -0.3 is 24.8 Å². The Balaban J connectivity index is 1.30. The number of nitrogens with one attached hydrogen (secondary N) is 2. The van der Waals surface area contributed by atoms with Crippen molar-refractivity contribution in [3.05, 3.63) is 48.0 Å². The van der Waals surface area contributed by atoms with Crippen LogP contribution < -0.4 is 24.8 Å². The van der Waals surface area contributed by atoms with Crippen LogP contribution in [0.1, 0.15) is 5.56 Å². The van der Waals surface area contributed by atoms with Crippen LogP contribution in [0.3, 0.4) is 0 Å². The van der Waals surface area contributed by atoms with E-state index in [0.717, 1.165) is 12.2 Å². The van der Waals surface area contributed by atoms with E-state index in [2.05, 4.69) is 16.7 Å². The van der Waals surface area contributed by atoms with Crippen LogP contribution in [0, 0.1) is 5.92 Å². The van der Waals surface area contributed by atoms with Crippen LogP contribution >= 0.6 is 0 Å². The van der Waals surface area contributed by atoms with Crippen LogP contribution in [-0.2, 0) is 6.42 Å². The van der Waals surface area contributed by atoms with Crippen molar-refractivity contribution in [3.63, 3.8) is 0 Å². The fourth-order valence-electron chi connectivity index (χ4n) is 2.91. The molecule has 2 amide bonds. The molecule has 0 fully saturated rings. The lowest BCUT2D eigenvalue weighted by Crippen LogP contribution is -2.37. The molecule has 2 aliphatic rings. The first-order valence-electron chi connectivity index (χ1n) is 7.93. The maximum atomic E-state index is 12.1. The second-order valence-electron chi connectivity index (χ2n) is 5.89. The summed E-state index contributed by atoms with van der Waals surface area (Å²) in [7, 11) is 0. The zero-order valence-corrected chi connectivity index (χ0v) is 13.1. The van der Waals surface area contributed by atoms with E-state index in [9.17, 15) is 4.79 Å². The minimum absolute atomic E-state index is 0.216. The van der Waals surface area contributed by atoms with Crippen molar-refractivity contribution in [1.29, 1.82) is 0 Å². The summed E-state index contributed by atoms with van der Waals surface area (Å²) in [6.45, 7) is 1.39. The Kier molecular flexibility index (Phi) is 3.86. The van der Waals surface area contributed by atoms with Crippen LogP contribution in [0.4, 0.5) is 10.5 Å². The highest BCUT2D eigenvalue weighted by molar-refractivity contribution is 5.89. The SMILES string of the molecule is O=C(NCC1COc2ccccc2C1)Nc1ccc2c(c1)OCO2. The minimum atomic E-state index is -0.243. The molecular weight excluding hydrogens is 308 g/mol. The van der Waals surface area contributed by atoms with Gasteiger partial charge in [0, 0.05) is 24.2 Å². The first kappa shape index (κ1) is 14.7. The second-order valence-corrected chi connectivity index (χ2v) is 5.89. The molecule has 0 radical (unpaired) electrons. The third-order valence-electron chi connectivity index (χ3n) is 4.14. The van der Waals surface area contributed by atoms with Crippen LogP contribution in [0.2, 0.25) is 0 Å². The summed E-state index contributed by atoms with van der Waals surface area (Å²) < 4.78 is 16.3. The Hall–Kier alpha value is -2.89. The molecule has 2 N–H and O–H groups in total. The number of benzene rings is 2. The van der Waals surface area contributed by atoms with Crippen LogP contribution in [-0.4, -0.2) is 26.0 Å². The average Bonchev–Trinajstić information content (AvgIpc) is 3.07. The molecule has 24 heavy (non-hydrogen) atoms. The highest BCUT2D eigenvalue weighted by Gasteiger charge is 2.20. The summed E-state index contributed by atoms with van der Waals surface area (Å²) in [4.78, 5) is 12.1. The normalized spacial score (nSPS) is 17.6. The summed E-state index contributed by atoms with van der Waals surface area (Å²) in [5.74, 6) is 2.55. The van der Waals surface area contributed by atoms with Gasteiger partial charge in [-0.05, 0) is 30.2 Å². The van der Waals surface area contributed by atoms with Gasteiger partial charge in [-0.2, -0.15) is 0 Å². The number of hydrogen-bond donors (Lipinski definition) is 2. The number of para-hydroxylation sites is 1. The Morgan fingerprint density at radius 1 is 1.04 bits per heavy atom. The van der Waals surface area contributed by atoms with E-state index < -0.39 is 0 Å². The van der Waals surface area contributed by atoms with Crippen LogP contribution in [0.5, 0.6) is 17.2 Å². The van der Waals surface area contributed by atoms with E-state index in [1.807, 2.05) is 18.2 Å². The van der Waals surface area contributed by atoms with Gasteiger partial charge in [0.25, 0.3) is 0 Å². The van der Waals surface area contributed by atoms with Crippen molar-refractivity contribution in [3.8, 4) is 17.2 Å². The molecule has 124 valence electrons. The van der Waals surface area contributed by atoms with E-state index >= 15 is 0 Å². The fourth-order valence-corrected chi connectivity index (χ4v) is 2.91. The molecule has 4 rings (SSSR count). The number of carbonyl (C=O) groups is 1. The number of carbonyl (C=O) groups excluding carboxylic acids is 1. The monoisotopic (exact) mass is 326 g/mol. The molecule has 0 aromatic heterocycles. The third-order valence-corrected chi connectivity index (χ3v) is 4.14. The van der Waals surface area contributed by atoms with Gasteiger partial charge in [0.2, 0.25) is 6.79 Å². The molecule has 6 nitrogen and oxygen atoms in total. The van der Waals surface area contributed by atoms with E-state index in [0.29, 0.717) is 30.3 Å². The maximum Gasteiger partial charge on any atom is 0.319 e. The molecule has 0 bridgehead atoms. The van der Waals surface area contributed by atoms with Crippen molar-refractivity contribution < 1.29 is 19.0 Å². The largest absolute Gasteiger partial charge is 0.493 e. The number of hydrogen-bond acceptors (Lipinski definition) is 4. The van der Waals surface area contributed by atoms with Crippen molar-refractivity contribution >= 4 is 11.7 Å². The maximum absolute atomic E-state index is 12.1. The van der Waals surface area contributed by atoms with E-state index in [1.54, 1.807) is 18.2 Å². The summed E-state index contributed by atoms with van der Waals surface area (Å²) in [6.07, 6.45) is 0.903. The van der Waals surface area contributed by atoms with E-state index in [-0.39, 0.29) is 18.7 Å². The van der Waals surface area contributed by atoms with Gasteiger partial charge in [-0.3, -0.25) is 0 Å². The number of rotatable bonds is 3. The van der Waals surface area contributed by atoms with Gasteiger partial charge in [-0.25, -0.2) is 4.79 Å². The van der Waals surface area contributed by atoms with Crippen molar-refractivity contribution in [1.82, 2.24) is 5.32 Å². The highest BCUT2D eigenvalue weighted by Crippen LogP contribution is 2.34. The molecule has 1 atom stereocenters. The molecule has 1 unspecified atom stereocenters. The van der Waals surface area contributed by atoms with Gasteiger partial charge in [0.15, 0.2) is 11.5 Å². The van der Waals surface area contributed by atoms with E-state index in [1.165, 1.54) is 5.56 Å². The number of urea groups is 1. The predicted octanol–water partition coefficient (Wildman–Crippen LogP) is 2.79. The lowest BCUT2D eigenvalue weighted by Gasteiger charge is -2.25. The Labute approximate surface area is 139 Å². The Morgan fingerprint density at radius 2 is 1.92 bits per heavy atom. The summed E-state index contributed by atoms with van der Waals surface area (Å²) in [5.41, 5.74) is 1.86. The van der Waals surface area contributed by atoms with Crippen molar-refractivity contribution in [2.24, 2.45) is 5.92 Å². The molecular formula is C18H18N2O4. The third kappa shape index (κ3) is 3.08. The number of fused-ring (bicyclic) bond motifs is 2. The summed E-state index contributed by atoms with van der Waals surface area (Å²) in [6, 6.07) is 13.1. The zero-order valence-electron chi connectivity index (χ0n) is 13.1. The minimum Gasteiger partial charge on any atom is -0.493 e. The van der Waals surface area contributed by atoms with Gasteiger partial charge in [-0.15, -0.1) is 0 Å². The van der Waals surface area contributed by atoms with Crippen LogP contribution in [0.25, 0.3) is 0 Å². The second kappa shape index (κ2) is 6.31. The highest BCUT2D eigenvalue weighted by atomic mass is 16.7. The topological polar surface area (TPSA) is 68.8 Å². The Morgan fingerprint density at radius 3 is 2.88 bits per heavy atom. The van der Waals surface area contributed by atoms with Gasteiger partial charge in [-0.1, -0.05) is 18.2 Å². The number of ether oxygens (including phenoxy) is 3.